The van der Waals surface area contributed by atoms with E-state index >= 15 is 0 Å². The largest absolute Gasteiger partial charge is 0.384 e. The van der Waals surface area contributed by atoms with E-state index in [9.17, 15) is 13.2 Å². The van der Waals surface area contributed by atoms with Crippen molar-refractivity contribution in [3.8, 4) is 0 Å². The predicted molar refractivity (Wildman–Crippen MR) is 88.6 cm³/mol. The molecule has 0 unspecified atom stereocenters. The number of hydrogen-bond donors (Lipinski definition) is 1. The molecule has 5 nitrogen and oxygen atoms in total. The lowest BCUT2D eigenvalue weighted by Crippen LogP contribution is -2.10. The molecule has 2 rings (SSSR count). The third-order valence-corrected chi connectivity index (χ3v) is 5.24. The number of aromatic nitrogens is 1. The fourth-order valence-corrected chi connectivity index (χ4v) is 3.66. The van der Waals surface area contributed by atoms with Crippen molar-refractivity contribution in [3.63, 3.8) is 0 Å². The summed E-state index contributed by atoms with van der Waals surface area (Å²) in [5.74, 6) is -0.0985. The third kappa shape index (κ3) is 4.14. The molecule has 0 saturated carbocycles. The van der Waals surface area contributed by atoms with Gasteiger partial charge in [-0.05, 0) is 32.0 Å². The van der Waals surface area contributed by atoms with Gasteiger partial charge in [-0.2, -0.15) is 0 Å². The molecule has 0 atom stereocenters. The van der Waals surface area contributed by atoms with Crippen LogP contribution < -0.4 is 5.32 Å². The molecule has 0 fully saturated rings. The van der Waals surface area contributed by atoms with E-state index in [1.807, 2.05) is 13.1 Å². The van der Waals surface area contributed by atoms with E-state index in [1.54, 1.807) is 17.4 Å². The number of carbonyl (C=O) groups is 1. The second-order valence-corrected chi connectivity index (χ2v) is 8.38. The fraction of sp³-hybridized carbons (Fsp3) is 0.333. The number of benzene rings is 1. The predicted octanol–water partition coefficient (Wildman–Crippen LogP) is 2.71. The van der Waals surface area contributed by atoms with E-state index in [-0.39, 0.29) is 10.7 Å². The number of anilines is 1. The lowest BCUT2D eigenvalue weighted by atomic mass is 10.1. The number of ketones is 1. The topological polar surface area (TPSA) is 76.1 Å². The minimum atomic E-state index is -3.35. The van der Waals surface area contributed by atoms with Crippen molar-refractivity contribution in [3.05, 3.63) is 39.8 Å². The van der Waals surface area contributed by atoms with Gasteiger partial charge in [0.15, 0.2) is 15.6 Å². The van der Waals surface area contributed by atoms with Gasteiger partial charge in [-0.3, -0.25) is 4.79 Å². The molecule has 0 spiro atoms. The summed E-state index contributed by atoms with van der Waals surface area (Å²) in [5.41, 5.74) is 0.948. The van der Waals surface area contributed by atoms with Gasteiger partial charge in [0.1, 0.15) is 0 Å². The van der Waals surface area contributed by atoms with Gasteiger partial charge >= 0.3 is 0 Å². The number of sulfone groups is 1. The quantitative estimate of drug-likeness (QED) is 0.820. The molecule has 0 aliphatic heterocycles. The molecule has 1 aromatic carbocycles. The summed E-state index contributed by atoms with van der Waals surface area (Å²) in [4.78, 5) is 17.1. The highest BCUT2D eigenvalue weighted by Gasteiger charge is 2.15. The third-order valence-electron chi connectivity index (χ3n) is 3.11. The number of Topliss-reactive ketones (excluding diaryl/α,β-unsaturated/α-hetero) is 1. The fourth-order valence-electron chi connectivity index (χ4n) is 2.03. The summed E-state index contributed by atoms with van der Waals surface area (Å²) < 4.78 is 23.7. The molecular formula is C15H18N2O3S2. The Kier molecular flexibility index (Phi) is 4.97. The van der Waals surface area contributed by atoms with Crippen LogP contribution in [0, 0.1) is 6.92 Å². The first-order chi connectivity index (χ1) is 10.3. The van der Waals surface area contributed by atoms with E-state index in [0.717, 1.165) is 16.1 Å². The SMILES string of the molecule is CC(=O)c1ccc(S(C)(=O)=O)c(NCCc2ncc(C)s2)c1. The molecule has 0 aliphatic rings. The Morgan fingerprint density at radius 2 is 2.09 bits per heavy atom. The molecule has 0 radical (unpaired) electrons. The zero-order valence-corrected chi connectivity index (χ0v) is 14.3. The maximum absolute atomic E-state index is 11.8. The van der Waals surface area contributed by atoms with Gasteiger partial charge in [-0.25, -0.2) is 13.4 Å². The average molecular weight is 338 g/mol. The molecule has 7 heteroatoms. The summed E-state index contributed by atoms with van der Waals surface area (Å²) >= 11 is 1.62. The second kappa shape index (κ2) is 6.58. The van der Waals surface area contributed by atoms with Crippen LogP contribution in [0.5, 0.6) is 0 Å². The Bertz CT molecular complexity index is 795. The van der Waals surface area contributed by atoms with Crippen molar-refractivity contribution in [1.82, 2.24) is 4.98 Å². The number of nitrogens with one attached hydrogen (secondary N) is 1. The molecule has 1 heterocycles. The monoisotopic (exact) mass is 338 g/mol. The first-order valence-corrected chi connectivity index (χ1v) is 9.48. The van der Waals surface area contributed by atoms with Crippen LogP contribution in [0.1, 0.15) is 27.2 Å². The highest BCUT2D eigenvalue weighted by atomic mass is 32.2. The Morgan fingerprint density at radius 3 is 2.64 bits per heavy atom. The number of thiazole rings is 1. The first-order valence-electron chi connectivity index (χ1n) is 6.77. The Morgan fingerprint density at radius 1 is 1.36 bits per heavy atom. The standard InChI is InChI=1S/C15H18N2O3S2/c1-10-9-17-15(21-10)6-7-16-13-8-12(11(2)18)4-5-14(13)22(3,19)20/h4-5,8-9,16H,6-7H2,1-3H3. The number of carbonyl (C=O) groups excluding carboxylic acids is 1. The van der Waals surface area contributed by atoms with Crippen molar-refractivity contribution in [1.29, 1.82) is 0 Å². The minimum absolute atomic E-state index is 0.0985. The number of hydrogen-bond acceptors (Lipinski definition) is 6. The van der Waals surface area contributed by atoms with Gasteiger partial charge in [-0.1, -0.05) is 0 Å². The van der Waals surface area contributed by atoms with Crippen LogP contribution in [-0.2, 0) is 16.3 Å². The molecule has 0 bridgehead atoms. The molecule has 1 aromatic heterocycles. The first kappa shape index (κ1) is 16.6. The van der Waals surface area contributed by atoms with Crippen LogP contribution in [0.15, 0.2) is 29.3 Å². The molecule has 0 saturated heterocycles. The van der Waals surface area contributed by atoms with Crippen LogP contribution in [0.25, 0.3) is 0 Å². The normalized spacial score (nSPS) is 11.4. The lowest BCUT2D eigenvalue weighted by Gasteiger charge is -2.11. The maximum Gasteiger partial charge on any atom is 0.177 e. The molecule has 2 aromatic rings. The molecule has 0 aliphatic carbocycles. The number of aryl methyl sites for hydroxylation is 1. The summed E-state index contributed by atoms with van der Waals surface area (Å²) in [5, 5.41) is 4.10. The van der Waals surface area contributed by atoms with Gasteiger partial charge in [0.2, 0.25) is 0 Å². The van der Waals surface area contributed by atoms with Crippen LogP contribution in [0.3, 0.4) is 0 Å². The van der Waals surface area contributed by atoms with Gasteiger partial charge in [0.05, 0.1) is 15.6 Å². The summed E-state index contributed by atoms with van der Waals surface area (Å²) in [6.07, 6.45) is 3.68. The van der Waals surface area contributed by atoms with Crippen molar-refractivity contribution in [2.75, 3.05) is 18.1 Å². The average Bonchev–Trinajstić information content (AvgIpc) is 2.83. The lowest BCUT2D eigenvalue weighted by molar-refractivity contribution is 0.101. The highest BCUT2D eigenvalue weighted by Crippen LogP contribution is 2.23. The highest BCUT2D eigenvalue weighted by molar-refractivity contribution is 7.90. The van der Waals surface area contributed by atoms with Gasteiger partial charge in [0.25, 0.3) is 0 Å². The minimum Gasteiger partial charge on any atom is -0.384 e. The summed E-state index contributed by atoms with van der Waals surface area (Å²) in [6, 6.07) is 4.60. The smallest absolute Gasteiger partial charge is 0.177 e. The zero-order chi connectivity index (χ0) is 16.3. The van der Waals surface area contributed by atoms with E-state index in [0.29, 0.717) is 24.2 Å². The number of nitrogens with zero attached hydrogens (tertiary/aromatic N) is 1. The molecule has 1 N–H and O–H groups in total. The van der Waals surface area contributed by atoms with Crippen LogP contribution in [0.4, 0.5) is 5.69 Å². The Balaban J connectivity index is 2.19. The molecule has 0 amide bonds. The van der Waals surface area contributed by atoms with E-state index < -0.39 is 9.84 Å². The van der Waals surface area contributed by atoms with Crippen molar-refractivity contribution >= 4 is 32.6 Å². The van der Waals surface area contributed by atoms with E-state index in [1.165, 1.54) is 19.1 Å². The van der Waals surface area contributed by atoms with Crippen molar-refractivity contribution in [2.24, 2.45) is 0 Å². The maximum atomic E-state index is 11.8. The molecule has 118 valence electrons. The van der Waals surface area contributed by atoms with Gasteiger partial charge in [0, 0.05) is 35.9 Å². The van der Waals surface area contributed by atoms with Gasteiger partial charge in [-0.15, -0.1) is 11.3 Å². The van der Waals surface area contributed by atoms with Crippen LogP contribution in [0.2, 0.25) is 0 Å². The summed E-state index contributed by atoms with van der Waals surface area (Å²) in [7, 11) is -3.35. The molecular weight excluding hydrogens is 320 g/mol. The number of rotatable bonds is 6. The van der Waals surface area contributed by atoms with Crippen molar-refractivity contribution < 1.29 is 13.2 Å². The Hall–Kier alpha value is -1.73. The van der Waals surface area contributed by atoms with Gasteiger partial charge < -0.3 is 5.32 Å². The van der Waals surface area contributed by atoms with E-state index in [2.05, 4.69) is 10.3 Å². The second-order valence-electron chi connectivity index (χ2n) is 5.08. The zero-order valence-electron chi connectivity index (χ0n) is 12.7. The Labute approximate surface area is 134 Å². The van der Waals surface area contributed by atoms with E-state index in [4.69, 9.17) is 0 Å². The van der Waals surface area contributed by atoms with Crippen LogP contribution >= 0.6 is 11.3 Å². The summed E-state index contributed by atoms with van der Waals surface area (Å²) in [6.45, 7) is 4.00. The molecule has 22 heavy (non-hydrogen) atoms. The van der Waals surface area contributed by atoms with Crippen LogP contribution in [-0.4, -0.2) is 32.0 Å². The van der Waals surface area contributed by atoms with Crippen molar-refractivity contribution in [2.45, 2.75) is 25.2 Å².